The van der Waals surface area contributed by atoms with Crippen molar-refractivity contribution in [2.45, 2.75) is 19.4 Å². The first-order valence-electron chi connectivity index (χ1n) is 7.99. The van der Waals surface area contributed by atoms with Gasteiger partial charge in [0.1, 0.15) is 12.4 Å². The van der Waals surface area contributed by atoms with Gasteiger partial charge in [0, 0.05) is 26.6 Å². The predicted octanol–water partition coefficient (Wildman–Crippen LogP) is 0.495. The number of amides is 4. The lowest BCUT2D eigenvalue weighted by molar-refractivity contribution is -0.126. The van der Waals surface area contributed by atoms with Crippen LogP contribution in [0.25, 0.3) is 0 Å². The fourth-order valence-corrected chi connectivity index (χ4v) is 2.43. The van der Waals surface area contributed by atoms with E-state index >= 15 is 0 Å². The number of nitrogens with zero attached hydrogens (tertiary/aromatic N) is 2. The maximum atomic E-state index is 12.8. The number of rotatable bonds is 6. The van der Waals surface area contributed by atoms with Crippen LogP contribution in [0.4, 0.5) is 9.18 Å². The van der Waals surface area contributed by atoms with Crippen molar-refractivity contribution in [1.29, 1.82) is 0 Å². The van der Waals surface area contributed by atoms with Crippen LogP contribution in [-0.4, -0.2) is 52.9 Å². The summed E-state index contributed by atoms with van der Waals surface area (Å²) in [6, 6.07) is 5.61. The lowest BCUT2D eigenvalue weighted by Crippen LogP contribution is -2.46. The molecule has 1 aromatic carbocycles. The minimum atomic E-state index is -0.347. The van der Waals surface area contributed by atoms with Gasteiger partial charge in [-0.2, -0.15) is 0 Å². The summed E-state index contributed by atoms with van der Waals surface area (Å²) in [5, 5.41) is 3.09. The molecule has 2 rings (SSSR count). The highest BCUT2D eigenvalue weighted by Gasteiger charge is 2.32. The second kappa shape index (κ2) is 9.09. The van der Waals surface area contributed by atoms with Crippen LogP contribution in [0.3, 0.4) is 0 Å². The van der Waals surface area contributed by atoms with Gasteiger partial charge in [-0.05, 0) is 36.3 Å². The van der Waals surface area contributed by atoms with E-state index in [-0.39, 0.29) is 48.3 Å². The topological polar surface area (TPSA) is 93.8 Å². The summed E-state index contributed by atoms with van der Waals surface area (Å²) in [4.78, 5) is 37.5. The third kappa shape index (κ3) is 5.66. The molecule has 1 aromatic rings. The van der Waals surface area contributed by atoms with Gasteiger partial charge < -0.3 is 10.2 Å². The molecule has 26 heavy (non-hydrogen) atoms. The Morgan fingerprint density at radius 2 is 1.92 bits per heavy atom. The lowest BCUT2D eigenvalue weighted by atomic mass is 10.2. The zero-order valence-corrected chi connectivity index (χ0v) is 15.1. The number of halogens is 1. The van der Waals surface area contributed by atoms with Gasteiger partial charge in [0.15, 0.2) is 5.11 Å². The molecular formula is C16H20FN5O3S. The quantitative estimate of drug-likeness (QED) is 0.377. The van der Waals surface area contributed by atoms with Crippen LogP contribution in [0, 0.1) is 5.82 Å². The smallest absolute Gasteiger partial charge is 0.326 e. The lowest BCUT2D eigenvalue weighted by Gasteiger charge is -2.14. The van der Waals surface area contributed by atoms with Crippen molar-refractivity contribution in [3.05, 3.63) is 35.6 Å². The first-order valence-corrected chi connectivity index (χ1v) is 8.40. The Labute approximate surface area is 155 Å². The summed E-state index contributed by atoms with van der Waals surface area (Å²) in [6.07, 6.45) is 0.489. The van der Waals surface area contributed by atoms with Crippen LogP contribution in [0.2, 0.25) is 0 Å². The van der Waals surface area contributed by atoms with E-state index in [4.69, 9.17) is 12.2 Å². The first kappa shape index (κ1) is 19.6. The average molecular weight is 381 g/mol. The highest BCUT2D eigenvalue weighted by molar-refractivity contribution is 7.80. The molecule has 1 aliphatic heterocycles. The molecule has 4 amide bonds. The van der Waals surface area contributed by atoms with Crippen molar-refractivity contribution in [3.8, 4) is 0 Å². The monoisotopic (exact) mass is 381 g/mol. The Kier molecular flexibility index (Phi) is 6.84. The number of hydrazine groups is 1. The Balaban J connectivity index is 1.61. The van der Waals surface area contributed by atoms with Crippen molar-refractivity contribution in [2.75, 3.05) is 20.1 Å². The molecule has 1 saturated heterocycles. The van der Waals surface area contributed by atoms with Crippen LogP contribution >= 0.6 is 12.2 Å². The zero-order valence-electron chi connectivity index (χ0n) is 14.3. The maximum Gasteiger partial charge on any atom is 0.326 e. The van der Waals surface area contributed by atoms with Gasteiger partial charge in [-0.3, -0.25) is 25.3 Å². The molecule has 0 aliphatic carbocycles. The highest BCUT2D eigenvalue weighted by Crippen LogP contribution is 2.09. The molecular weight excluding hydrogens is 361 g/mol. The molecule has 8 nitrogen and oxygen atoms in total. The zero-order chi connectivity index (χ0) is 19.1. The van der Waals surface area contributed by atoms with Crippen molar-refractivity contribution in [1.82, 2.24) is 26.0 Å². The fourth-order valence-electron chi connectivity index (χ4n) is 2.30. The molecule has 0 atom stereocenters. The first-order chi connectivity index (χ1) is 12.4. The number of nitrogens with one attached hydrogen (secondary N) is 3. The molecule has 0 bridgehead atoms. The van der Waals surface area contributed by atoms with Crippen molar-refractivity contribution in [2.24, 2.45) is 0 Å². The van der Waals surface area contributed by atoms with E-state index in [0.29, 0.717) is 13.0 Å². The second-order valence-corrected chi connectivity index (χ2v) is 6.18. The third-order valence-electron chi connectivity index (χ3n) is 3.70. The summed E-state index contributed by atoms with van der Waals surface area (Å²) in [5.74, 6) is -0.892. The van der Waals surface area contributed by atoms with E-state index in [1.165, 1.54) is 17.0 Å². The van der Waals surface area contributed by atoms with E-state index in [2.05, 4.69) is 16.2 Å². The molecule has 0 aromatic heterocycles. The van der Waals surface area contributed by atoms with E-state index in [1.807, 2.05) is 0 Å². The van der Waals surface area contributed by atoms with Gasteiger partial charge in [-0.1, -0.05) is 12.1 Å². The average Bonchev–Trinajstić information content (AvgIpc) is 2.85. The molecule has 0 unspecified atom stereocenters. The van der Waals surface area contributed by atoms with Gasteiger partial charge in [0.2, 0.25) is 11.8 Å². The molecule has 0 saturated carbocycles. The molecule has 0 spiro atoms. The van der Waals surface area contributed by atoms with Crippen LogP contribution in [0.1, 0.15) is 18.4 Å². The SMILES string of the molecule is CN1CC(=O)N(CCCC(=O)NNC(=S)NCc2ccc(F)cc2)C1=O. The van der Waals surface area contributed by atoms with Gasteiger partial charge in [0.05, 0.1) is 0 Å². The minimum Gasteiger partial charge on any atom is -0.357 e. The molecule has 10 heteroatoms. The molecule has 1 aliphatic rings. The number of likely N-dealkylation sites (N-methyl/N-ethyl adjacent to an activating group) is 1. The molecule has 140 valence electrons. The maximum absolute atomic E-state index is 12.8. The minimum absolute atomic E-state index is 0.0700. The summed E-state index contributed by atoms with van der Waals surface area (Å²) in [7, 11) is 1.55. The van der Waals surface area contributed by atoms with E-state index < -0.39 is 0 Å². The third-order valence-corrected chi connectivity index (χ3v) is 3.94. The molecule has 1 fully saturated rings. The Hall–Kier alpha value is -2.75. The van der Waals surface area contributed by atoms with E-state index in [1.54, 1.807) is 19.2 Å². The number of carbonyl (C=O) groups is 3. The Morgan fingerprint density at radius 1 is 1.23 bits per heavy atom. The van der Waals surface area contributed by atoms with Crippen LogP contribution in [0.5, 0.6) is 0 Å². The number of imide groups is 1. The number of thiocarbonyl (C=S) groups is 1. The molecule has 0 radical (unpaired) electrons. The summed E-state index contributed by atoms with van der Waals surface area (Å²) in [6.45, 7) is 0.651. The second-order valence-electron chi connectivity index (χ2n) is 5.77. The Bertz CT molecular complexity index is 698. The number of carbonyl (C=O) groups excluding carboxylic acids is 3. The van der Waals surface area contributed by atoms with E-state index in [9.17, 15) is 18.8 Å². The standard InChI is InChI=1S/C16H20FN5O3S/c1-21-10-14(24)22(16(21)25)8-2-3-13(23)19-20-15(26)18-9-11-4-6-12(17)7-5-11/h4-7H,2-3,8-10H2,1H3,(H,19,23)(H2,18,20,26). The predicted molar refractivity (Wildman–Crippen MR) is 96.1 cm³/mol. The number of urea groups is 1. The normalized spacial score (nSPS) is 13.8. The van der Waals surface area contributed by atoms with Gasteiger partial charge in [-0.15, -0.1) is 0 Å². The van der Waals surface area contributed by atoms with Crippen LogP contribution in [-0.2, 0) is 16.1 Å². The van der Waals surface area contributed by atoms with Crippen molar-refractivity contribution >= 4 is 35.2 Å². The summed E-state index contributed by atoms with van der Waals surface area (Å²) >= 11 is 5.03. The van der Waals surface area contributed by atoms with Gasteiger partial charge >= 0.3 is 6.03 Å². The fraction of sp³-hybridized carbons (Fsp3) is 0.375. The number of hydrogen-bond acceptors (Lipinski definition) is 4. The van der Waals surface area contributed by atoms with Crippen molar-refractivity contribution < 1.29 is 18.8 Å². The summed E-state index contributed by atoms with van der Waals surface area (Å²) in [5.41, 5.74) is 5.83. The number of benzene rings is 1. The number of hydrogen-bond donors (Lipinski definition) is 3. The summed E-state index contributed by atoms with van der Waals surface area (Å²) < 4.78 is 12.8. The Morgan fingerprint density at radius 3 is 2.54 bits per heavy atom. The van der Waals surface area contributed by atoms with Crippen molar-refractivity contribution in [3.63, 3.8) is 0 Å². The molecule has 1 heterocycles. The van der Waals surface area contributed by atoms with Gasteiger partial charge in [0.25, 0.3) is 0 Å². The van der Waals surface area contributed by atoms with Crippen LogP contribution < -0.4 is 16.2 Å². The molecule has 3 N–H and O–H groups in total. The van der Waals surface area contributed by atoms with Gasteiger partial charge in [-0.25, -0.2) is 9.18 Å². The van der Waals surface area contributed by atoms with E-state index in [0.717, 1.165) is 10.5 Å². The van der Waals surface area contributed by atoms with Crippen LogP contribution in [0.15, 0.2) is 24.3 Å². The highest BCUT2D eigenvalue weighted by atomic mass is 32.1. The largest absolute Gasteiger partial charge is 0.357 e.